The second kappa shape index (κ2) is 63.5. The Morgan fingerprint density at radius 2 is 0.695 bits per heavy atom. The van der Waals surface area contributed by atoms with Crippen LogP contribution in [-0.4, -0.2) is 87.4 Å². The second-order valence-electron chi connectivity index (χ2n) is 24.1. The minimum atomic E-state index is -1.51. The number of likely N-dealkylation sites (N-methyl/N-ethyl adjacent to an activating group) is 1. The third-order valence-corrected chi connectivity index (χ3v) is 14.9. The van der Waals surface area contributed by atoms with Crippen molar-refractivity contribution in [2.24, 2.45) is 0 Å². The van der Waals surface area contributed by atoms with Crippen molar-refractivity contribution in [3.63, 3.8) is 0 Å². The van der Waals surface area contributed by atoms with Crippen LogP contribution in [0.5, 0.6) is 0 Å². The molecule has 0 spiro atoms. The zero-order valence-corrected chi connectivity index (χ0v) is 54.1. The van der Waals surface area contributed by atoms with Gasteiger partial charge >= 0.3 is 17.9 Å². The number of carboxylic acids is 1. The first-order valence-corrected chi connectivity index (χ1v) is 34.3. The smallest absolute Gasteiger partial charge is 0.361 e. The van der Waals surface area contributed by atoms with Gasteiger partial charge in [0, 0.05) is 12.8 Å². The Hall–Kier alpha value is -3.53. The maximum Gasteiger partial charge on any atom is 0.361 e. The highest BCUT2D eigenvalue weighted by atomic mass is 16.7. The average Bonchev–Trinajstić information content (AvgIpc) is 3.45. The number of quaternary nitrogens is 1. The summed E-state index contributed by atoms with van der Waals surface area (Å²) >= 11 is 0. The van der Waals surface area contributed by atoms with Crippen molar-refractivity contribution in [1.82, 2.24) is 0 Å². The van der Waals surface area contributed by atoms with Crippen molar-refractivity contribution in [2.45, 2.75) is 315 Å². The summed E-state index contributed by atoms with van der Waals surface area (Å²) in [5.41, 5.74) is 0. The average molecular weight is 1150 g/mol. The van der Waals surface area contributed by atoms with E-state index in [0.717, 1.165) is 89.9 Å². The number of aliphatic carboxylic acids is 1. The standard InChI is InChI=1S/C73H129NO8/c1-6-8-10-12-14-16-18-20-22-24-26-28-30-32-33-34-35-36-37-38-39-40-42-44-46-48-50-52-54-56-58-60-62-64-71(76)82-69(68-81-73(72(77)78)79-66-65-74(3,4)5)67-80-70(75)63-61-59-57-55-53-51-49-47-45-43-41-31-29-27-25-23-21-19-17-15-13-11-9-7-2/h8,10,14,16,20,22,26,28,32-33,35-36,38-39,69,73H,6-7,9,11-13,15,17-19,21,23-25,27,29-31,34,37,40-68H2,1-5H3/p+1/b10-8-,16-14-,22-20-,28-26-,33-32-,36-35-,39-38-. The predicted molar refractivity (Wildman–Crippen MR) is 350 cm³/mol. The number of carboxylic acid groups (broad SMARTS) is 1. The molecule has 0 aliphatic heterocycles. The summed E-state index contributed by atoms with van der Waals surface area (Å²) in [6.07, 6.45) is 82.6. The van der Waals surface area contributed by atoms with Gasteiger partial charge < -0.3 is 28.5 Å². The first-order chi connectivity index (χ1) is 40.1. The molecule has 0 aromatic carbocycles. The molecule has 2 atom stereocenters. The summed E-state index contributed by atoms with van der Waals surface area (Å²) in [5, 5.41) is 9.74. The van der Waals surface area contributed by atoms with Crippen molar-refractivity contribution in [1.29, 1.82) is 0 Å². The zero-order chi connectivity index (χ0) is 59.8. The number of rotatable bonds is 63. The monoisotopic (exact) mass is 1150 g/mol. The van der Waals surface area contributed by atoms with Gasteiger partial charge in [0.2, 0.25) is 0 Å². The molecular weight excluding hydrogens is 1020 g/mol. The Morgan fingerprint density at radius 1 is 0.378 bits per heavy atom. The molecule has 0 radical (unpaired) electrons. The fraction of sp³-hybridized carbons (Fsp3) is 0.767. The van der Waals surface area contributed by atoms with Gasteiger partial charge in [-0.1, -0.05) is 304 Å². The van der Waals surface area contributed by atoms with E-state index in [1.807, 2.05) is 21.1 Å². The lowest BCUT2D eigenvalue weighted by Crippen LogP contribution is -2.40. The summed E-state index contributed by atoms with van der Waals surface area (Å²) in [6, 6.07) is 0. The van der Waals surface area contributed by atoms with E-state index in [1.165, 1.54) is 180 Å². The number of hydrogen-bond acceptors (Lipinski definition) is 7. The molecule has 82 heavy (non-hydrogen) atoms. The number of ether oxygens (including phenoxy) is 4. The van der Waals surface area contributed by atoms with Gasteiger partial charge in [0.15, 0.2) is 6.10 Å². The molecule has 0 aliphatic rings. The maximum absolute atomic E-state index is 12.9. The van der Waals surface area contributed by atoms with Gasteiger partial charge in [0.05, 0.1) is 34.4 Å². The zero-order valence-electron chi connectivity index (χ0n) is 54.1. The van der Waals surface area contributed by atoms with Crippen molar-refractivity contribution in [2.75, 3.05) is 47.5 Å². The van der Waals surface area contributed by atoms with Crippen molar-refractivity contribution >= 4 is 17.9 Å². The van der Waals surface area contributed by atoms with Crippen LogP contribution < -0.4 is 0 Å². The summed E-state index contributed by atoms with van der Waals surface area (Å²) in [6.45, 7) is 4.80. The molecule has 0 saturated heterocycles. The molecule has 0 aromatic rings. The van der Waals surface area contributed by atoms with E-state index in [-0.39, 0.29) is 32.2 Å². The number of nitrogens with zero attached hydrogens (tertiary/aromatic N) is 1. The summed E-state index contributed by atoms with van der Waals surface area (Å²) < 4.78 is 23.0. The Morgan fingerprint density at radius 3 is 1.04 bits per heavy atom. The number of unbranched alkanes of at least 4 members (excludes halogenated alkanes) is 34. The lowest BCUT2D eigenvalue weighted by Gasteiger charge is -2.25. The third-order valence-electron chi connectivity index (χ3n) is 14.9. The minimum absolute atomic E-state index is 0.183. The summed E-state index contributed by atoms with van der Waals surface area (Å²) in [5.74, 6) is -2.00. The fourth-order valence-electron chi connectivity index (χ4n) is 9.70. The molecule has 0 fully saturated rings. The second-order valence-corrected chi connectivity index (χ2v) is 24.1. The van der Waals surface area contributed by atoms with Gasteiger partial charge in [-0.2, -0.15) is 0 Å². The normalized spacial score (nSPS) is 13.2. The highest BCUT2D eigenvalue weighted by Crippen LogP contribution is 2.18. The molecule has 9 heteroatoms. The van der Waals surface area contributed by atoms with Gasteiger partial charge in [-0.3, -0.25) is 9.59 Å². The van der Waals surface area contributed by atoms with E-state index in [0.29, 0.717) is 23.9 Å². The van der Waals surface area contributed by atoms with E-state index < -0.39 is 24.3 Å². The quantitative estimate of drug-likeness (QED) is 0.0211. The summed E-state index contributed by atoms with van der Waals surface area (Å²) in [7, 11) is 5.98. The van der Waals surface area contributed by atoms with Crippen LogP contribution in [0.2, 0.25) is 0 Å². The molecule has 9 nitrogen and oxygen atoms in total. The van der Waals surface area contributed by atoms with Crippen molar-refractivity contribution < 1.29 is 42.9 Å². The van der Waals surface area contributed by atoms with Crippen LogP contribution in [0.3, 0.4) is 0 Å². The Bertz CT molecular complexity index is 1620. The first-order valence-electron chi connectivity index (χ1n) is 34.3. The van der Waals surface area contributed by atoms with E-state index >= 15 is 0 Å². The number of esters is 2. The largest absolute Gasteiger partial charge is 0.477 e. The number of allylic oxidation sites excluding steroid dienone is 14. The highest BCUT2D eigenvalue weighted by Gasteiger charge is 2.25. The van der Waals surface area contributed by atoms with Gasteiger partial charge in [0.25, 0.3) is 6.29 Å². The van der Waals surface area contributed by atoms with Crippen LogP contribution in [0.25, 0.3) is 0 Å². The van der Waals surface area contributed by atoms with Crippen LogP contribution in [0.1, 0.15) is 303 Å². The predicted octanol–water partition coefficient (Wildman–Crippen LogP) is 21.1. The number of carbonyl (C=O) groups excluding carboxylic acids is 2. The minimum Gasteiger partial charge on any atom is -0.477 e. The lowest BCUT2D eigenvalue weighted by molar-refractivity contribution is -0.870. The van der Waals surface area contributed by atoms with Crippen LogP contribution >= 0.6 is 0 Å². The molecule has 0 bridgehead atoms. The van der Waals surface area contributed by atoms with Crippen molar-refractivity contribution in [3.8, 4) is 0 Å². The molecule has 0 saturated carbocycles. The lowest BCUT2D eigenvalue weighted by atomic mass is 10.0. The molecule has 0 aromatic heterocycles. The molecule has 0 amide bonds. The summed E-state index contributed by atoms with van der Waals surface area (Å²) in [4.78, 5) is 37.6. The Labute approximate surface area is 506 Å². The van der Waals surface area contributed by atoms with E-state index in [4.69, 9.17) is 18.9 Å². The van der Waals surface area contributed by atoms with Crippen LogP contribution in [-0.2, 0) is 33.3 Å². The molecule has 2 unspecified atom stereocenters. The highest BCUT2D eigenvalue weighted by molar-refractivity contribution is 5.71. The van der Waals surface area contributed by atoms with E-state index in [2.05, 4.69) is 98.9 Å². The topological polar surface area (TPSA) is 108 Å². The Balaban J connectivity index is 4.14. The molecule has 474 valence electrons. The van der Waals surface area contributed by atoms with E-state index in [1.54, 1.807) is 0 Å². The van der Waals surface area contributed by atoms with E-state index in [9.17, 15) is 19.5 Å². The number of hydrogen-bond donors (Lipinski definition) is 1. The molecule has 0 heterocycles. The molecule has 0 aliphatic carbocycles. The SMILES string of the molecule is CC/C=C\C/C=C\C/C=C\C/C=C\C/C=C\C/C=C\C/C=C\CCCCCCCCCCCCCC(=O)OC(COC(=O)CCCCCCCCCCCCCCCCCCCCCCCCCC)COC(OCC[N+](C)(C)C)C(=O)O. The van der Waals surface area contributed by atoms with Crippen LogP contribution in [0, 0.1) is 0 Å². The molecule has 0 rings (SSSR count). The first kappa shape index (κ1) is 78.5. The fourth-order valence-corrected chi connectivity index (χ4v) is 9.70. The van der Waals surface area contributed by atoms with Crippen molar-refractivity contribution in [3.05, 3.63) is 85.1 Å². The van der Waals surface area contributed by atoms with Gasteiger partial charge in [-0.25, -0.2) is 4.79 Å². The van der Waals surface area contributed by atoms with Crippen LogP contribution in [0.15, 0.2) is 85.1 Å². The van der Waals surface area contributed by atoms with Gasteiger partial charge in [-0.05, 0) is 70.6 Å². The van der Waals surface area contributed by atoms with Gasteiger partial charge in [-0.15, -0.1) is 0 Å². The van der Waals surface area contributed by atoms with Gasteiger partial charge in [0.1, 0.15) is 13.2 Å². The molecular formula is C73H130NO8+. The maximum atomic E-state index is 12.9. The third kappa shape index (κ3) is 64.0. The van der Waals surface area contributed by atoms with Crippen LogP contribution in [0.4, 0.5) is 0 Å². The molecule has 1 N–H and O–H groups in total. The Kier molecular flexibility index (Phi) is 60.8. The number of carbonyl (C=O) groups is 3.